The number of carbonyl (C=O) groups excluding carboxylic acids is 1. The first kappa shape index (κ1) is 14.4. The second-order valence-electron chi connectivity index (χ2n) is 5.13. The van der Waals surface area contributed by atoms with E-state index in [0.717, 1.165) is 16.6 Å². The standard InChI is InChI=1S/C16H15ClN4O/c1-9-6-13-14(7-10(9)2)20-15(19-13)21-16(22)18-12-5-3-4-11(17)8-12/h3-8H,1-2H3,(H3,18,19,20,21,22). The van der Waals surface area contributed by atoms with Crippen LogP contribution in [0.3, 0.4) is 0 Å². The molecule has 0 aliphatic heterocycles. The summed E-state index contributed by atoms with van der Waals surface area (Å²) in [6.07, 6.45) is 0. The van der Waals surface area contributed by atoms with Gasteiger partial charge in [-0.15, -0.1) is 0 Å². The van der Waals surface area contributed by atoms with Crippen molar-refractivity contribution in [2.24, 2.45) is 0 Å². The first-order valence-corrected chi connectivity index (χ1v) is 7.19. The molecule has 0 radical (unpaired) electrons. The van der Waals surface area contributed by atoms with E-state index in [1.807, 2.05) is 26.0 Å². The summed E-state index contributed by atoms with van der Waals surface area (Å²) in [5.74, 6) is 0.402. The number of imidazole rings is 1. The summed E-state index contributed by atoms with van der Waals surface area (Å²) < 4.78 is 0. The molecule has 3 aromatic rings. The average Bonchev–Trinajstić information content (AvgIpc) is 2.80. The molecule has 2 aromatic carbocycles. The van der Waals surface area contributed by atoms with Gasteiger partial charge in [-0.1, -0.05) is 17.7 Å². The second-order valence-corrected chi connectivity index (χ2v) is 5.56. The van der Waals surface area contributed by atoms with Crippen LogP contribution in [0.1, 0.15) is 11.1 Å². The van der Waals surface area contributed by atoms with E-state index in [4.69, 9.17) is 11.6 Å². The molecule has 0 saturated carbocycles. The van der Waals surface area contributed by atoms with Crippen LogP contribution < -0.4 is 10.6 Å². The number of amides is 2. The van der Waals surface area contributed by atoms with E-state index in [-0.39, 0.29) is 6.03 Å². The topological polar surface area (TPSA) is 69.8 Å². The SMILES string of the molecule is Cc1cc2nc(NC(=O)Nc3cccc(Cl)c3)[nH]c2cc1C. The molecule has 1 aromatic heterocycles. The highest BCUT2D eigenvalue weighted by molar-refractivity contribution is 6.30. The van der Waals surface area contributed by atoms with Crippen molar-refractivity contribution in [1.82, 2.24) is 9.97 Å². The number of nitrogens with one attached hydrogen (secondary N) is 3. The third kappa shape index (κ3) is 3.04. The maximum atomic E-state index is 12.0. The van der Waals surface area contributed by atoms with E-state index in [1.54, 1.807) is 24.3 Å². The van der Waals surface area contributed by atoms with Crippen LogP contribution in [-0.2, 0) is 0 Å². The number of H-pyrrole nitrogens is 1. The van der Waals surface area contributed by atoms with Crippen molar-refractivity contribution in [2.75, 3.05) is 10.6 Å². The molecule has 22 heavy (non-hydrogen) atoms. The van der Waals surface area contributed by atoms with Crippen LogP contribution in [-0.4, -0.2) is 16.0 Å². The Morgan fingerprint density at radius 2 is 1.91 bits per heavy atom. The molecule has 5 nitrogen and oxygen atoms in total. The molecule has 0 aliphatic carbocycles. The molecule has 0 aliphatic rings. The fourth-order valence-corrected chi connectivity index (χ4v) is 2.36. The van der Waals surface area contributed by atoms with Crippen LogP contribution in [0.4, 0.5) is 16.4 Å². The highest BCUT2D eigenvalue weighted by atomic mass is 35.5. The van der Waals surface area contributed by atoms with Gasteiger partial charge in [0, 0.05) is 10.7 Å². The summed E-state index contributed by atoms with van der Waals surface area (Å²) in [4.78, 5) is 19.4. The molecule has 112 valence electrons. The molecule has 1 heterocycles. The van der Waals surface area contributed by atoms with E-state index in [9.17, 15) is 4.79 Å². The zero-order valence-corrected chi connectivity index (χ0v) is 13.0. The number of anilines is 2. The van der Waals surface area contributed by atoms with Gasteiger partial charge in [0.25, 0.3) is 0 Å². The van der Waals surface area contributed by atoms with Crippen molar-refractivity contribution >= 4 is 40.3 Å². The van der Waals surface area contributed by atoms with Gasteiger partial charge in [0.1, 0.15) is 0 Å². The lowest BCUT2D eigenvalue weighted by Crippen LogP contribution is -2.20. The molecule has 0 bridgehead atoms. The minimum Gasteiger partial charge on any atom is -0.324 e. The smallest absolute Gasteiger partial charge is 0.324 e. The summed E-state index contributed by atoms with van der Waals surface area (Å²) in [5, 5.41) is 5.94. The van der Waals surface area contributed by atoms with E-state index in [1.165, 1.54) is 5.56 Å². The molecule has 2 amide bonds. The van der Waals surface area contributed by atoms with Crippen molar-refractivity contribution in [3.05, 3.63) is 52.5 Å². The summed E-state index contributed by atoms with van der Waals surface area (Å²) >= 11 is 5.88. The van der Waals surface area contributed by atoms with Crippen molar-refractivity contribution in [3.63, 3.8) is 0 Å². The summed E-state index contributed by atoms with van der Waals surface area (Å²) in [5.41, 5.74) is 4.66. The van der Waals surface area contributed by atoms with Crippen LogP contribution >= 0.6 is 11.6 Å². The first-order chi connectivity index (χ1) is 10.5. The third-order valence-electron chi connectivity index (χ3n) is 3.41. The molecule has 3 rings (SSSR count). The lowest BCUT2D eigenvalue weighted by Gasteiger charge is -2.05. The van der Waals surface area contributed by atoms with Gasteiger partial charge in [0.15, 0.2) is 0 Å². The number of rotatable bonds is 2. The Balaban J connectivity index is 1.76. The highest BCUT2D eigenvalue weighted by Gasteiger charge is 2.08. The monoisotopic (exact) mass is 314 g/mol. The molecule has 6 heteroatoms. The quantitative estimate of drug-likeness (QED) is 0.653. The number of urea groups is 1. The minimum absolute atomic E-state index is 0.380. The number of fused-ring (bicyclic) bond motifs is 1. The lowest BCUT2D eigenvalue weighted by atomic mass is 10.1. The van der Waals surface area contributed by atoms with Gasteiger partial charge in [-0.3, -0.25) is 5.32 Å². The number of carbonyl (C=O) groups is 1. The van der Waals surface area contributed by atoms with Crippen LogP contribution in [0.2, 0.25) is 5.02 Å². The molecule has 0 saturated heterocycles. The summed E-state index contributed by atoms with van der Waals surface area (Å²) in [6, 6.07) is 10.6. The molecular formula is C16H15ClN4O. The van der Waals surface area contributed by atoms with Crippen molar-refractivity contribution in [1.29, 1.82) is 0 Å². The number of benzene rings is 2. The van der Waals surface area contributed by atoms with E-state index in [0.29, 0.717) is 16.7 Å². The van der Waals surface area contributed by atoms with Gasteiger partial charge in [0.05, 0.1) is 11.0 Å². The van der Waals surface area contributed by atoms with Gasteiger partial charge >= 0.3 is 6.03 Å². The maximum absolute atomic E-state index is 12.0. The minimum atomic E-state index is -0.380. The molecule has 0 atom stereocenters. The maximum Gasteiger partial charge on any atom is 0.326 e. The van der Waals surface area contributed by atoms with Crippen molar-refractivity contribution in [2.45, 2.75) is 13.8 Å². The number of aromatic nitrogens is 2. The fraction of sp³-hybridized carbons (Fsp3) is 0.125. The van der Waals surface area contributed by atoms with Crippen LogP contribution in [0, 0.1) is 13.8 Å². The van der Waals surface area contributed by atoms with Crippen molar-refractivity contribution < 1.29 is 4.79 Å². The number of halogens is 1. The summed E-state index contributed by atoms with van der Waals surface area (Å²) in [7, 11) is 0. The lowest BCUT2D eigenvalue weighted by molar-refractivity contribution is 0.262. The van der Waals surface area contributed by atoms with E-state index in [2.05, 4.69) is 20.6 Å². The number of aromatic amines is 1. The third-order valence-corrected chi connectivity index (χ3v) is 3.65. The van der Waals surface area contributed by atoms with Gasteiger partial charge in [0.2, 0.25) is 5.95 Å². The Morgan fingerprint density at radius 1 is 1.14 bits per heavy atom. The van der Waals surface area contributed by atoms with Crippen molar-refractivity contribution in [3.8, 4) is 0 Å². The van der Waals surface area contributed by atoms with Gasteiger partial charge in [-0.25, -0.2) is 9.78 Å². The van der Waals surface area contributed by atoms with Gasteiger partial charge in [-0.05, 0) is 55.3 Å². The Kier molecular flexibility index (Phi) is 3.73. The average molecular weight is 315 g/mol. The number of aryl methyl sites for hydroxylation is 2. The van der Waals surface area contributed by atoms with Crippen LogP contribution in [0.5, 0.6) is 0 Å². The highest BCUT2D eigenvalue weighted by Crippen LogP contribution is 2.19. The second kappa shape index (κ2) is 5.69. The van der Waals surface area contributed by atoms with E-state index < -0.39 is 0 Å². The normalized spacial score (nSPS) is 10.7. The Hall–Kier alpha value is -2.53. The first-order valence-electron chi connectivity index (χ1n) is 6.82. The molecule has 0 fully saturated rings. The van der Waals surface area contributed by atoms with Crippen LogP contribution in [0.15, 0.2) is 36.4 Å². The predicted molar refractivity (Wildman–Crippen MR) is 89.7 cm³/mol. The Labute approximate surface area is 132 Å². The number of hydrogen-bond donors (Lipinski definition) is 3. The van der Waals surface area contributed by atoms with Gasteiger partial charge < -0.3 is 10.3 Å². The van der Waals surface area contributed by atoms with Crippen LogP contribution in [0.25, 0.3) is 11.0 Å². The molecular weight excluding hydrogens is 300 g/mol. The molecule has 3 N–H and O–H groups in total. The zero-order chi connectivity index (χ0) is 15.7. The number of hydrogen-bond acceptors (Lipinski definition) is 2. The molecule has 0 unspecified atom stereocenters. The fourth-order valence-electron chi connectivity index (χ4n) is 2.16. The predicted octanol–water partition coefficient (Wildman–Crippen LogP) is 4.48. The molecule has 0 spiro atoms. The summed E-state index contributed by atoms with van der Waals surface area (Å²) in [6.45, 7) is 4.07. The van der Waals surface area contributed by atoms with E-state index >= 15 is 0 Å². The van der Waals surface area contributed by atoms with Gasteiger partial charge in [-0.2, -0.15) is 0 Å². The number of nitrogens with zero attached hydrogens (tertiary/aromatic N) is 1. The Morgan fingerprint density at radius 3 is 2.68 bits per heavy atom. The zero-order valence-electron chi connectivity index (χ0n) is 12.2. The Bertz CT molecular complexity index is 817. The largest absolute Gasteiger partial charge is 0.326 e.